The molecule has 1 atom stereocenters. The monoisotopic (exact) mass is 269 g/mol. The number of carbonyl (C=O) groups excluding carboxylic acids is 1. The summed E-state index contributed by atoms with van der Waals surface area (Å²) in [6, 6.07) is -0.0498. The fourth-order valence-electron chi connectivity index (χ4n) is 1.92. The maximum Gasteiger partial charge on any atom is 0.273 e. The highest BCUT2D eigenvalue weighted by atomic mass is 32.1. The van der Waals surface area contributed by atoms with Crippen LogP contribution >= 0.6 is 11.3 Å². The van der Waals surface area contributed by atoms with E-state index in [0.29, 0.717) is 32.0 Å². The molecule has 1 unspecified atom stereocenters. The highest BCUT2D eigenvalue weighted by Gasteiger charge is 2.21. The summed E-state index contributed by atoms with van der Waals surface area (Å²) in [6.07, 6.45) is 1.92. The molecule has 0 saturated carbocycles. The average molecular weight is 269 g/mol. The summed E-state index contributed by atoms with van der Waals surface area (Å²) in [6.45, 7) is 4.60. The molecule has 2 N–H and O–H groups in total. The van der Waals surface area contributed by atoms with E-state index in [9.17, 15) is 4.79 Å². The van der Waals surface area contributed by atoms with Crippen LogP contribution in [0.3, 0.4) is 0 Å². The molecule has 1 aromatic heterocycles. The van der Waals surface area contributed by atoms with Crippen LogP contribution in [0.5, 0.6) is 0 Å². The average Bonchev–Trinajstić information content (AvgIpc) is 2.89. The van der Waals surface area contributed by atoms with Crippen LogP contribution in [0.15, 0.2) is 5.38 Å². The topological polar surface area (TPSA) is 68.5 Å². The van der Waals surface area contributed by atoms with E-state index in [1.54, 1.807) is 4.90 Å². The zero-order valence-corrected chi connectivity index (χ0v) is 11.4. The van der Waals surface area contributed by atoms with Gasteiger partial charge in [0.05, 0.1) is 19.3 Å². The molecule has 1 amide bonds. The van der Waals surface area contributed by atoms with Crippen LogP contribution in [-0.2, 0) is 4.74 Å². The van der Waals surface area contributed by atoms with E-state index < -0.39 is 0 Å². The maximum atomic E-state index is 12.2. The second-order valence-electron chi connectivity index (χ2n) is 4.37. The lowest BCUT2D eigenvalue weighted by Crippen LogP contribution is -2.40. The number of thiazole rings is 1. The Morgan fingerprint density at radius 2 is 2.33 bits per heavy atom. The Kier molecular flexibility index (Phi) is 4.68. The number of morpholine rings is 1. The first kappa shape index (κ1) is 13.5. The molecule has 2 heterocycles. The quantitative estimate of drug-likeness (QED) is 0.897. The smallest absolute Gasteiger partial charge is 0.273 e. The molecule has 0 spiro atoms. The number of aromatic nitrogens is 1. The van der Waals surface area contributed by atoms with Crippen molar-refractivity contribution in [2.75, 3.05) is 26.3 Å². The van der Waals surface area contributed by atoms with E-state index in [1.807, 2.05) is 5.38 Å². The van der Waals surface area contributed by atoms with Crippen LogP contribution in [0, 0.1) is 0 Å². The molecule has 0 radical (unpaired) electrons. The third-order valence-electron chi connectivity index (χ3n) is 2.96. The molecule has 2 rings (SSSR count). The first-order chi connectivity index (χ1) is 8.72. The summed E-state index contributed by atoms with van der Waals surface area (Å²) in [5, 5.41) is 2.66. The van der Waals surface area contributed by atoms with Crippen molar-refractivity contribution in [1.82, 2.24) is 9.88 Å². The minimum atomic E-state index is -0.0498. The fourth-order valence-corrected chi connectivity index (χ4v) is 2.75. The van der Waals surface area contributed by atoms with E-state index >= 15 is 0 Å². The number of hydrogen-bond donors (Lipinski definition) is 1. The SMILES string of the molecule is CCCC(N)c1nc(C(=O)N2CCOCC2)cs1. The third-order valence-corrected chi connectivity index (χ3v) is 3.93. The number of ether oxygens (including phenoxy) is 1. The summed E-state index contributed by atoms with van der Waals surface area (Å²) in [5.41, 5.74) is 6.52. The van der Waals surface area contributed by atoms with Crippen molar-refractivity contribution < 1.29 is 9.53 Å². The van der Waals surface area contributed by atoms with E-state index in [1.165, 1.54) is 11.3 Å². The molecule has 5 nitrogen and oxygen atoms in total. The highest BCUT2D eigenvalue weighted by molar-refractivity contribution is 7.09. The van der Waals surface area contributed by atoms with Crippen molar-refractivity contribution in [3.63, 3.8) is 0 Å². The predicted molar refractivity (Wildman–Crippen MR) is 70.7 cm³/mol. The van der Waals surface area contributed by atoms with Gasteiger partial charge in [-0.2, -0.15) is 0 Å². The van der Waals surface area contributed by atoms with Crippen molar-refractivity contribution in [3.8, 4) is 0 Å². The van der Waals surface area contributed by atoms with Gasteiger partial charge in [0.25, 0.3) is 5.91 Å². The first-order valence-corrected chi connectivity index (χ1v) is 7.18. The van der Waals surface area contributed by atoms with Crippen LogP contribution < -0.4 is 5.73 Å². The van der Waals surface area contributed by atoms with Crippen molar-refractivity contribution in [2.45, 2.75) is 25.8 Å². The second-order valence-corrected chi connectivity index (χ2v) is 5.26. The largest absolute Gasteiger partial charge is 0.378 e. The summed E-state index contributed by atoms with van der Waals surface area (Å²) >= 11 is 1.48. The number of nitrogens with two attached hydrogens (primary N) is 1. The van der Waals surface area contributed by atoms with Gasteiger partial charge < -0.3 is 15.4 Å². The van der Waals surface area contributed by atoms with Gasteiger partial charge in [0.2, 0.25) is 0 Å². The number of amides is 1. The van der Waals surface area contributed by atoms with Crippen LogP contribution in [0.4, 0.5) is 0 Å². The molecule has 0 aromatic carbocycles. The molecule has 100 valence electrons. The molecule has 1 aliphatic rings. The van der Waals surface area contributed by atoms with E-state index in [4.69, 9.17) is 10.5 Å². The molecule has 1 fully saturated rings. The molecular weight excluding hydrogens is 250 g/mol. The van der Waals surface area contributed by atoms with Crippen molar-refractivity contribution in [3.05, 3.63) is 16.1 Å². The second kappa shape index (κ2) is 6.26. The van der Waals surface area contributed by atoms with Gasteiger partial charge >= 0.3 is 0 Å². The standard InChI is InChI=1S/C12H19N3O2S/c1-2-3-9(13)11-14-10(8-18-11)12(16)15-4-6-17-7-5-15/h8-9H,2-7,13H2,1H3. The predicted octanol–water partition coefficient (Wildman–Crippen LogP) is 1.42. The fraction of sp³-hybridized carbons (Fsp3) is 0.667. The molecule has 1 aromatic rings. The van der Waals surface area contributed by atoms with Crippen LogP contribution in [0.1, 0.15) is 41.3 Å². The zero-order valence-electron chi connectivity index (χ0n) is 10.6. The Hall–Kier alpha value is -0.980. The Morgan fingerprint density at radius 1 is 1.61 bits per heavy atom. The Bertz CT molecular complexity index is 402. The van der Waals surface area contributed by atoms with Gasteiger partial charge in [-0.1, -0.05) is 13.3 Å². The minimum absolute atomic E-state index is 0.00972. The summed E-state index contributed by atoms with van der Waals surface area (Å²) in [4.78, 5) is 18.3. The normalized spacial score (nSPS) is 17.8. The van der Waals surface area contributed by atoms with Crippen LogP contribution in [0.25, 0.3) is 0 Å². The van der Waals surface area contributed by atoms with Gasteiger partial charge in [0.15, 0.2) is 0 Å². The molecule has 1 saturated heterocycles. The number of nitrogens with zero attached hydrogens (tertiary/aromatic N) is 2. The highest BCUT2D eigenvalue weighted by Crippen LogP contribution is 2.21. The maximum absolute atomic E-state index is 12.2. The molecule has 18 heavy (non-hydrogen) atoms. The zero-order chi connectivity index (χ0) is 13.0. The molecule has 0 aliphatic carbocycles. The van der Waals surface area contributed by atoms with Crippen LogP contribution in [0.2, 0.25) is 0 Å². The Morgan fingerprint density at radius 3 is 3.00 bits per heavy atom. The van der Waals surface area contributed by atoms with Gasteiger partial charge in [-0.15, -0.1) is 11.3 Å². The van der Waals surface area contributed by atoms with Gasteiger partial charge in [-0.25, -0.2) is 4.98 Å². The number of rotatable bonds is 4. The minimum Gasteiger partial charge on any atom is -0.378 e. The Balaban J connectivity index is 2.02. The molecule has 1 aliphatic heterocycles. The van der Waals surface area contributed by atoms with Crippen molar-refractivity contribution >= 4 is 17.2 Å². The van der Waals surface area contributed by atoms with Gasteiger partial charge in [-0.3, -0.25) is 4.79 Å². The summed E-state index contributed by atoms with van der Waals surface area (Å²) < 4.78 is 5.23. The third kappa shape index (κ3) is 3.07. The van der Waals surface area contributed by atoms with Crippen molar-refractivity contribution in [1.29, 1.82) is 0 Å². The van der Waals surface area contributed by atoms with Crippen molar-refractivity contribution in [2.24, 2.45) is 5.73 Å². The van der Waals surface area contributed by atoms with E-state index in [0.717, 1.165) is 17.8 Å². The lowest BCUT2D eigenvalue weighted by molar-refractivity contribution is 0.0299. The molecular formula is C12H19N3O2S. The van der Waals surface area contributed by atoms with E-state index in [-0.39, 0.29) is 11.9 Å². The van der Waals surface area contributed by atoms with Gasteiger partial charge in [0, 0.05) is 18.5 Å². The van der Waals surface area contributed by atoms with Crippen LogP contribution in [-0.4, -0.2) is 42.1 Å². The van der Waals surface area contributed by atoms with E-state index in [2.05, 4.69) is 11.9 Å². The molecule has 6 heteroatoms. The number of hydrogen-bond acceptors (Lipinski definition) is 5. The molecule has 0 bridgehead atoms. The Labute approximate surface area is 111 Å². The summed E-state index contributed by atoms with van der Waals surface area (Å²) in [5.74, 6) is -0.00972. The first-order valence-electron chi connectivity index (χ1n) is 6.30. The number of carbonyl (C=O) groups is 1. The van der Waals surface area contributed by atoms with Gasteiger partial charge in [-0.05, 0) is 6.42 Å². The lowest BCUT2D eigenvalue weighted by atomic mass is 10.2. The lowest BCUT2D eigenvalue weighted by Gasteiger charge is -2.26. The van der Waals surface area contributed by atoms with Gasteiger partial charge in [0.1, 0.15) is 10.7 Å². The summed E-state index contributed by atoms with van der Waals surface area (Å²) in [7, 11) is 0.